The Morgan fingerprint density at radius 2 is 0.543 bits per heavy atom. The Labute approximate surface area is 576 Å². The number of nitrogens with one attached hydrogen (secondary N) is 1. The minimum absolute atomic E-state index is 0.0224. The lowest BCUT2D eigenvalue weighted by Gasteiger charge is -2.20. The van der Waals surface area contributed by atoms with Gasteiger partial charge < -0.3 is 20.3 Å². The first-order valence-corrected chi connectivity index (χ1v) is 42.3. The first-order valence-electron chi connectivity index (χ1n) is 42.3. The van der Waals surface area contributed by atoms with Crippen LogP contribution >= 0.6 is 0 Å². The number of aliphatic hydroxyl groups excluding tert-OH is 2. The van der Waals surface area contributed by atoms with Gasteiger partial charge in [-0.2, -0.15) is 0 Å². The Bertz CT molecular complexity index is 1490. The van der Waals surface area contributed by atoms with Crippen LogP contribution in [0.15, 0.2) is 36.5 Å². The molecule has 6 heteroatoms. The number of rotatable bonds is 80. The van der Waals surface area contributed by atoms with E-state index in [9.17, 15) is 19.8 Å². The maximum Gasteiger partial charge on any atom is 0.305 e. The van der Waals surface area contributed by atoms with Crippen LogP contribution in [0.2, 0.25) is 0 Å². The van der Waals surface area contributed by atoms with Crippen molar-refractivity contribution in [2.24, 2.45) is 0 Å². The summed E-state index contributed by atoms with van der Waals surface area (Å²) in [5.74, 6) is -0.0386. The monoisotopic (exact) mass is 1290 g/mol. The van der Waals surface area contributed by atoms with E-state index in [0.29, 0.717) is 19.4 Å². The highest BCUT2D eigenvalue weighted by molar-refractivity contribution is 5.76. The van der Waals surface area contributed by atoms with Gasteiger partial charge in [0.15, 0.2) is 0 Å². The normalized spacial score (nSPS) is 12.6. The standard InChI is InChI=1S/C86H165NO5/c1-3-5-7-9-11-13-15-17-19-21-23-39-43-46-50-54-58-62-66-70-74-78-84(89)83(82-88)87-85(90)79-75-71-67-63-59-55-51-47-44-40-37-35-33-31-29-27-25-24-26-28-30-32-34-36-38-41-45-49-53-57-61-65-69-73-77-81-92-86(91)80-76-72-68-64-60-56-52-48-42-22-20-18-16-14-12-10-8-6-4-2/h26,28,32,34,74,78,83-84,88-89H,3-25,27,29-31,33,35-73,75-77,79-82H2,1-2H3,(H,87,90)/b28-26-,34-32-,78-74+. The molecule has 2 atom stereocenters. The molecule has 0 saturated carbocycles. The molecule has 0 aromatic heterocycles. The molecular formula is C86H165NO5. The second-order valence-electron chi connectivity index (χ2n) is 29.2. The summed E-state index contributed by atoms with van der Waals surface area (Å²) in [7, 11) is 0. The number of aliphatic hydroxyl groups is 2. The average molecular weight is 1290 g/mol. The van der Waals surface area contributed by atoms with E-state index in [1.807, 2.05) is 6.08 Å². The van der Waals surface area contributed by atoms with Crippen LogP contribution in [0.3, 0.4) is 0 Å². The number of unbranched alkanes of at least 4 members (excludes halogenated alkanes) is 65. The Balaban J connectivity index is 3.37. The summed E-state index contributed by atoms with van der Waals surface area (Å²) in [6, 6.07) is -0.628. The van der Waals surface area contributed by atoms with Crippen LogP contribution in [0.25, 0.3) is 0 Å². The fourth-order valence-corrected chi connectivity index (χ4v) is 13.5. The molecule has 0 spiro atoms. The molecule has 0 rings (SSSR count). The molecule has 0 bridgehead atoms. The molecule has 0 heterocycles. The van der Waals surface area contributed by atoms with Gasteiger partial charge in [0.25, 0.3) is 0 Å². The first kappa shape index (κ1) is 90.1. The molecule has 0 saturated heterocycles. The lowest BCUT2D eigenvalue weighted by Crippen LogP contribution is -2.45. The number of esters is 1. The van der Waals surface area contributed by atoms with Crippen molar-refractivity contribution in [1.82, 2.24) is 5.32 Å². The number of carbonyl (C=O) groups excluding carboxylic acids is 2. The van der Waals surface area contributed by atoms with Gasteiger partial charge in [0.1, 0.15) is 0 Å². The van der Waals surface area contributed by atoms with Crippen molar-refractivity contribution in [3.05, 3.63) is 36.5 Å². The molecule has 3 N–H and O–H groups in total. The largest absolute Gasteiger partial charge is 0.466 e. The molecule has 544 valence electrons. The number of allylic oxidation sites excluding steroid dienone is 5. The van der Waals surface area contributed by atoms with Crippen LogP contribution in [0.1, 0.15) is 476 Å². The van der Waals surface area contributed by atoms with Crippen molar-refractivity contribution in [1.29, 1.82) is 0 Å². The lowest BCUT2D eigenvalue weighted by molar-refractivity contribution is -0.143. The molecule has 92 heavy (non-hydrogen) atoms. The number of hydrogen-bond acceptors (Lipinski definition) is 5. The number of carbonyl (C=O) groups is 2. The molecule has 2 unspecified atom stereocenters. The van der Waals surface area contributed by atoms with Gasteiger partial charge in [0.2, 0.25) is 5.91 Å². The van der Waals surface area contributed by atoms with Crippen LogP contribution in [-0.2, 0) is 14.3 Å². The van der Waals surface area contributed by atoms with Gasteiger partial charge in [-0.25, -0.2) is 0 Å². The van der Waals surface area contributed by atoms with Gasteiger partial charge in [-0.05, 0) is 64.2 Å². The summed E-state index contributed by atoms with van der Waals surface area (Å²) >= 11 is 0. The van der Waals surface area contributed by atoms with Gasteiger partial charge in [-0.15, -0.1) is 0 Å². The lowest BCUT2D eigenvalue weighted by atomic mass is 10.0. The van der Waals surface area contributed by atoms with E-state index in [2.05, 4.69) is 43.5 Å². The van der Waals surface area contributed by atoms with Crippen molar-refractivity contribution >= 4 is 11.9 Å². The highest BCUT2D eigenvalue weighted by Crippen LogP contribution is 2.20. The van der Waals surface area contributed by atoms with Gasteiger partial charge >= 0.3 is 5.97 Å². The van der Waals surface area contributed by atoms with Crippen LogP contribution in [0, 0.1) is 0 Å². The van der Waals surface area contributed by atoms with Gasteiger partial charge in [0.05, 0.1) is 25.4 Å². The smallest absolute Gasteiger partial charge is 0.305 e. The molecule has 6 nitrogen and oxygen atoms in total. The zero-order valence-corrected chi connectivity index (χ0v) is 62.6. The molecule has 0 radical (unpaired) electrons. The quantitative estimate of drug-likeness (QED) is 0.0320. The maximum absolute atomic E-state index is 12.5. The molecule has 0 aromatic carbocycles. The molecule has 0 aliphatic rings. The summed E-state index contributed by atoms with van der Waals surface area (Å²) < 4.78 is 5.52. The zero-order chi connectivity index (χ0) is 66.3. The number of hydrogen-bond donors (Lipinski definition) is 3. The number of amides is 1. The summed E-state index contributed by atoms with van der Waals surface area (Å²) in [6.07, 6.45) is 107. The molecule has 0 aliphatic heterocycles. The molecule has 0 fully saturated rings. The Morgan fingerprint density at radius 1 is 0.304 bits per heavy atom. The Hall–Kier alpha value is -1.92. The zero-order valence-electron chi connectivity index (χ0n) is 62.6. The van der Waals surface area contributed by atoms with Crippen LogP contribution < -0.4 is 5.32 Å². The van der Waals surface area contributed by atoms with E-state index in [1.54, 1.807) is 6.08 Å². The Morgan fingerprint density at radius 3 is 0.826 bits per heavy atom. The fraction of sp³-hybridized carbons (Fsp3) is 0.907. The minimum atomic E-state index is -0.844. The van der Waals surface area contributed by atoms with Crippen molar-refractivity contribution in [3.63, 3.8) is 0 Å². The van der Waals surface area contributed by atoms with E-state index in [-0.39, 0.29) is 18.5 Å². The highest BCUT2D eigenvalue weighted by atomic mass is 16.5. The van der Waals surface area contributed by atoms with E-state index in [4.69, 9.17) is 4.74 Å². The van der Waals surface area contributed by atoms with Crippen LogP contribution in [0.4, 0.5) is 0 Å². The molecule has 0 aromatic rings. The van der Waals surface area contributed by atoms with Crippen LogP contribution in [-0.4, -0.2) is 47.4 Å². The second kappa shape index (κ2) is 81.5. The van der Waals surface area contributed by atoms with E-state index in [0.717, 1.165) is 44.9 Å². The molecular weight excluding hydrogens is 1130 g/mol. The van der Waals surface area contributed by atoms with E-state index >= 15 is 0 Å². The topological polar surface area (TPSA) is 95.9 Å². The Kier molecular flexibility index (Phi) is 79.8. The van der Waals surface area contributed by atoms with Gasteiger partial charge in [-0.1, -0.05) is 436 Å². The van der Waals surface area contributed by atoms with E-state index < -0.39 is 12.1 Å². The number of ether oxygens (including phenoxy) is 1. The third-order valence-corrected chi connectivity index (χ3v) is 19.9. The third kappa shape index (κ3) is 77.1. The first-order chi connectivity index (χ1) is 45.5. The summed E-state index contributed by atoms with van der Waals surface area (Å²) in [6.45, 7) is 4.96. The maximum atomic E-state index is 12.5. The van der Waals surface area contributed by atoms with Gasteiger partial charge in [0, 0.05) is 12.8 Å². The minimum Gasteiger partial charge on any atom is -0.466 e. The summed E-state index contributed by atoms with van der Waals surface area (Å²) in [5.41, 5.74) is 0. The average Bonchev–Trinajstić information content (AvgIpc) is 3.63. The van der Waals surface area contributed by atoms with Crippen molar-refractivity contribution in [2.75, 3.05) is 13.2 Å². The van der Waals surface area contributed by atoms with Crippen molar-refractivity contribution < 1.29 is 24.5 Å². The third-order valence-electron chi connectivity index (χ3n) is 19.9. The molecule has 0 aliphatic carbocycles. The predicted molar refractivity (Wildman–Crippen MR) is 407 cm³/mol. The summed E-state index contributed by atoms with van der Waals surface area (Å²) in [5, 5.41) is 23.3. The molecule has 1 amide bonds. The van der Waals surface area contributed by atoms with E-state index in [1.165, 1.54) is 405 Å². The fourth-order valence-electron chi connectivity index (χ4n) is 13.5. The van der Waals surface area contributed by atoms with Gasteiger partial charge in [-0.3, -0.25) is 9.59 Å². The summed E-state index contributed by atoms with van der Waals surface area (Å²) in [4.78, 5) is 24.7. The predicted octanol–water partition coefficient (Wildman–Crippen LogP) is 28.2. The van der Waals surface area contributed by atoms with Crippen LogP contribution in [0.5, 0.6) is 0 Å². The SMILES string of the molecule is CCCCCCCCCCCCCCCCCCCCC/C=C/C(O)C(CO)NC(=O)CCCCCCCCCCCCCCCCCCC/C=C\C/C=C\CCCCCCCCCCCCCOC(=O)CCCCCCCCCCCCCCCCCCCCC. The van der Waals surface area contributed by atoms with Crippen molar-refractivity contribution in [2.45, 2.75) is 488 Å². The van der Waals surface area contributed by atoms with Crippen molar-refractivity contribution in [3.8, 4) is 0 Å². The second-order valence-corrected chi connectivity index (χ2v) is 29.2. The highest BCUT2D eigenvalue weighted by Gasteiger charge is 2.18.